The first-order valence-corrected chi connectivity index (χ1v) is 11.9. The molecule has 9 heteroatoms. The average molecular weight is 454 g/mol. The van der Waals surface area contributed by atoms with Crippen LogP contribution in [0.4, 0.5) is 5.13 Å². The molecule has 4 aromatic rings. The average Bonchev–Trinajstić information content (AvgIpc) is 3.39. The first kappa shape index (κ1) is 21.0. The van der Waals surface area contributed by atoms with Gasteiger partial charge in [-0.3, -0.25) is 4.79 Å². The van der Waals surface area contributed by atoms with Gasteiger partial charge in [0.1, 0.15) is 11.3 Å². The molecule has 0 aliphatic heterocycles. The second-order valence-corrected chi connectivity index (χ2v) is 9.15. The summed E-state index contributed by atoms with van der Waals surface area (Å²) < 4.78 is 32.2. The monoisotopic (exact) mass is 453 g/mol. The minimum Gasteiger partial charge on any atom is -0.454 e. The Kier molecular flexibility index (Phi) is 6.26. The molecule has 0 aliphatic rings. The summed E-state index contributed by atoms with van der Waals surface area (Å²) in [6.45, 7) is -0.0187. The van der Waals surface area contributed by atoms with Crippen LogP contribution in [0.3, 0.4) is 0 Å². The van der Waals surface area contributed by atoms with E-state index < -0.39 is 10.0 Å². The molecule has 4 rings (SSSR count). The highest BCUT2D eigenvalue weighted by Crippen LogP contribution is 2.30. The Labute approximate surface area is 183 Å². The van der Waals surface area contributed by atoms with Gasteiger partial charge in [0.25, 0.3) is 0 Å². The molecule has 31 heavy (non-hydrogen) atoms. The van der Waals surface area contributed by atoms with Crippen molar-refractivity contribution in [3.63, 3.8) is 0 Å². The third-order valence-electron chi connectivity index (χ3n) is 4.32. The highest BCUT2D eigenvalue weighted by molar-refractivity contribution is 7.92. The molecular formula is C22H19N3O4S2. The number of thiazole rings is 1. The van der Waals surface area contributed by atoms with Crippen LogP contribution >= 0.6 is 11.3 Å². The van der Waals surface area contributed by atoms with Gasteiger partial charge in [0, 0.05) is 29.1 Å². The zero-order valence-electron chi connectivity index (χ0n) is 16.3. The Morgan fingerprint density at radius 3 is 2.68 bits per heavy atom. The number of sulfonamides is 1. The number of aromatic nitrogens is 1. The molecule has 0 fully saturated rings. The van der Waals surface area contributed by atoms with E-state index in [0.717, 1.165) is 21.9 Å². The van der Waals surface area contributed by atoms with Crippen molar-refractivity contribution in [2.45, 2.75) is 6.42 Å². The summed E-state index contributed by atoms with van der Waals surface area (Å²) in [5, 5.41) is 6.96. The van der Waals surface area contributed by atoms with Crippen LogP contribution in [0, 0.1) is 0 Å². The summed E-state index contributed by atoms with van der Waals surface area (Å²) in [6, 6.07) is 18.6. The van der Waals surface area contributed by atoms with E-state index in [1.165, 1.54) is 17.4 Å². The fourth-order valence-electron chi connectivity index (χ4n) is 2.82. The van der Waals surface area contributed by atoms with Gasteiger partial charge in [-0.15, -0.1) is 11.3 Å². The molecule has 2 aromatic carbocycles. The van der Waals surface area contributed by atoms with Crippen molar-refractivity contribution in [2.24, 2.45) is 0 Å². The fourth-order valence-corrected chi connectivity index (χ4v) is 4.36. The number of benzene rings is 2. The van der Waals surface area contributed by atoms with Crippen molar-refractivity contribution < 1.29 is 17.6 Å². The molecule has 2 heterocycles. The number of carbonyl (C=O) groups excluding carboxylic acids is 1. The number of anilines is 1. The SMILES string of the molecule is O=C(CCNS(=O)(=O)/C=C/c1ccccc1)Nc1nc(-c2cc3ccccc3o2)cs1. The highest BCUT2D eigenvalue weighted by Gasteiger charge is 2.12. The smallest absolute Gasteiger partial charge is 0.233 e. The number of fused-ring (bicyclic) bond motifs is 1. The predicted octanol–water partition coefficient (Wildman–Crippen LogP) is 4.48. The van der Waals surface area contributed by atoms with Gasteiger partial charge in [0.2, 0.25) is 15.9 Å². The van der Waals surface area contributed by atoms with Gasteiger partial charge in [-0.05, 0) is 23.8 Å². The zero-order valence-corrected chi connectivity index (χ0v) is 17.9. The number of furan rings is 1. The van der Waals surface area contributed by atoms with E-state index in [2.05, 4.69) is 15.0 Å². The molecular weight excluding hydrogens is 434 g/mol. The van der Waals surface area contributed by atoms with Crippen LogP contribution < -0.4 is 10.0 Å². The number of amides is 1. The molecule has 1 amide bonds. The first-order chi connectivity index (χ1) is 15.0. The largest absolute Gasteiger partial charge is 0.454 e. The van der Waals surface area contributed by atoms with Gasteiger partial charge in [-0.2, -0.15) is 0 Å². The molecule has 0 unspecified atom stereocenters. The van der Waals surface area contributed by atoms with Gasteiger partial charge in [-0.25, -0.2) is 18.1 Å². The lowest BCUT2D eigenvalue weighted by Crippen LogP contribution is -2.26. The Morgan fingerprint density at radius 1 is 1.10 bits per heavy atom. The van der Waals surface area contributed by atoms with Crippen molar-refractivity contribution in [3.8, 4) is 11.5 Å². The molecule has 0 spiro atoms. The molecule has 0 atom stereocenters. The lowest BCUT2D eigenvalue weighted by atomic mass is 10.2. The van der Waals surface area contributed by atoms with Gasteiger partial charge in [-0.1, -0.05) is 48.5 Å². The van der Waals surface area contributed by atoms with E-state index >= 15 is 0 Å². The van der Waals surface area contributed by atoms with Crippen LogP contribution in [-0.4, -0.2) is 25.9 Å². The van der Waals surface area contributed by atoms with Crippen molar-refractivity contribution in [3.05, 3.63) is 77.0 Å². The Bertz CT molecular complexity index is 1290. The summed E-state index contributed by atoms with van der Waals surface area (Å²) in [4.78, 5) is 16.5. The molecule has 2 N–H and O–H groups in total. The van der Waals surface area contributed by atoms with E-state index in [1.54, 1.807) is 17.5 Å². The van der Waals surface area contributed by atoms with E-state index in [9.17, 15) is 13.2 Å². The normalized spacial score (nSPS) is 11.9. The molecule has 0 bridgehead atoms. The molecule has 158 valence electrons. The van der Waals surface area contributed by atoms with Gasteiger partial charge >= 0.3 is 0 Å². The van der Waals surface area contributed by atoms with Crippen molar-refractivity contribution in [2.75, 3.05) is 11.9 Å². The number of rotatable bonds is 8. The second-order valence-electron chi connectivity index (χ2n) is 6.64. The summed E-state index contributed by atoms with van der Waals surface area (Å²) in [6.07, 6.45) is 1.48. The molecule has 7 nitrogen and oxygen atoms in total. The van der Waals surface area contributed by atoms with Crippen LogP contribution in [0.1, 0.15) is 12.0 Å². The fraction of sp³-hybridized carbons (Fsp3) is 0.0909. The number of nitrogens with one attached hydrogen (secondary N) is 2. The summed E-state index contributed by atoms with van der Waals surface area (Å²) in [5.41, 5.74) is 2.17. The van der Waals surface area contributed by atoms with E-state index in [4.69, 9.17) is 4.42 Å². The van der Waals surface area contributed by atoms with E-state index in [-0.39, 0.29) is 18.9 Å². The van der Waals surface area contributed by atoms with E-state index in [0.29, 0.717) is 16.6 Å². The van der Waals surface area contributed by atoms with Gasteiger partial charge < -0.3 is 9.73 Å². The summed E-state index contributed by atoms with van der Waals surface area (Å²) >= 11 is 1.27. The molecule has 0 radical (unpaired) electrons. The minimum absolute atomic E-state index is 0.0159. The van der Waals surface area contributed by atoms with E-state index in [1.807, 2.05) is 48.5 Å². The maximum absolute atomic E-state index is 12.1. The van der Waals surface area contributed by atoms with Crippen LogP contribution in [-0.2, 0) is 14.8 Å². The topological polar surface area (TPSA) is 101 Å². The Morgan fingerprint density at radius 2 is 1.87 bits per heavy atom. The quantitative estimate of drug-likeness (QED) is 0.410. The standard InChI is InChI=1S/C22H19N3O4S2/c26-21(10-12-23-31(27,28)13-11-16-6-2-1-3-7-16)25-22-24-18(15-30-22)20-14-17-8-4-5-9-19(17)29-20/h1-9,11,13-15,23H,10,12H2,(H,24,25,26)/b13-11+. The third-order valence-corrected chi connectivity index (χ3v) is 6.18. The van der Waals surface area contributed by atoms with Crippen LogP contribution in [0.2, 0.25) is 0 Å². The lowest BCUT2D eigenvalue weighted by molar-refractivity contribution is -0.116. The summed E-state index contributed by atoms with van der Waals surface area (Å²) in [7, 11) is -3.63. The number of carbonyl (C=O) groups is 1. The minimum atomic E-state index is -3.63. The van der Waals surface area contributed by atoms with Gasteiger partial charge in [0.05, 0.1) is 0 Å². The van der Waals surface area contributed by atoms with Crippen LogP contribution in [0.25, 0.3) is 28.5 Å². The maximum Gasteiger partial charge on any atom is 0.233 e. The lowest BCUT2D eigenvalue weighted by Gasteiger charge is -2.03. The van der Waals surface area contributed by atoms with Gasteiger partial charge in [0.15, 0.2) is 10.9 Å². The number of hydrogen-bond donors (Lipinski definition) is 2. The summed E-state index contributed by atoms with van der Waals surface area (Å²) in [5.74, 6) is 0.288. The Hall–Kier alpha value is -3.27. The van der Waals surface area contributed by atoms with Crippen LogP contribution in [0.5, 0.6) is 0 Å². The highest BCUT2D eigenvalue weighted by atomic mass is 32.2. The zero-order chi connectivity index (χ0) is 21.7. The molecule has 0 saturated carbocycles. The number of nitrogens with zero attached hydrogens (tertiary/aromatic N) is 1. The maximum atomic E-state index is 12.1. The van der Waals surface area contributed by atoms with Crippen LogP contribution in [0.15, 0.2) is 75.9 Å². The number of para-hydroxylation sites is 1. The first-order valence-electron chi connectivity index (χ1n) is 9.46. The second kappa shape index (κ2) is 9.25. The molecule has 0 aliphatic carbocycles. The van der Waals surface area contributed by atoms with Crippen molar-refractivity contribution in [1.29, 1.82) is 0 Å². The van der Waals surface area contributed by atoms with Crippen molar-refractivity contribution >= 4 is 49.4 Å². The number of hydrogen-bond acceptors (Lipinski definition) is 6. The Balaban J connectivity index is 1.29. The molecule has 2 aromatic heterocycles. The predicted molar refractivity (Wildman–Crippen MR) is 123 cm³/mol. The molecule has 0 saturated heterocycles. The third kappa shape index (κ3) is 5.66. The van der Waals surface area contributed by atoms with Crippen molar-refractivity contribution in [1.82, 2.24) is 9.71 Å².